The third kappa shape index (κ3) is 24.0. The Morgan fingerprint density at radius 2 is 0.679 bits per heavy atom. The summed E-state index contributed by atoms with van der Waals surface area (Å²) in [4.78, 5) is 0. The van der Waals surface area contributed by atoms with Crippen LogP contribution in [-0.2, 0) is 0 Å². The number of aliphatic hydroxyl groups is 2. The van der Waals surface area contributed by atoms with E-state index in [-0.39, 0.29) is 6.61 Å². The van der Waals surface area contributed by atoms with Crippen LogP contribution in [0.15, 0.2) is 0 Å². The average Bonchev–Trinajstić information content (AvgIpc) is 2.68. The molecule has 0 rings (SSSR count). The molecule has 2 nitrogen and oxygen atoms in total. The maximum absolute atomic E-state index is 9.27. The molecule has 0 amide bonds. The number of unbranched alkanes of at least 4 members (excludes halogenated alkanes) is 18. The summed E-state index contributed by atoms with van der Waals surface area (Å²) in [5.41, 5.74) is 0. The summed E-state index contributed by atoms with van der Waals surface area (Å²) in [5, 5.41) is 18.0. The first-order valence-corrected chi connectivity index (χ1v) is 13.0. The van der Waals surface area contributed by atoms with Gasteiger partial charge in [0, 0.05) is 0 Å². The van der Waals surface area contributed by atoms with Crippen LogP contribution in [0.1, 0.15) is 149 Å². The van der Waals surface area contributed by atoms with Crippen molar-refractivity contribution in [2.45, 2.75) is 155 Å². The second-order valence-corrected chi connectivity index (χ2v) is 9.53. The summed E-state index contributed by atoms with van der Waals surface area (Å²) in [5.74, 6) is 0.884. The van der Waals surface area contributed by atoms with Crippen LogP contribution in [0.5, 0.6) is 0 Å². The third-order valence-electron chi connectivity index (χ3n) is 6.03. The average molecular weight is 399 g/mol. The zero-order valence-electron chi connectivity index (χ0n) is 19.6. The van der Waals surface area contributed by atoms with Crippen molar-refractivity contribution in [1.82, 2.24) is 0 Å². The van der Waals surface area contributed by atoms with Crippen LogP contribution in [0.3, 0.4) is 0 Å². The van der Waals surface area contributed by atoms with Crippen LogP contribution in [0.25, 0.3) is 0 Å². The molecule has 0 aliphatic rings. The predicted molar refractivity (Wildman–Crippen MR) is 125 cm³/mol. The topological polar surface area (TPSA) is 40.5 Å². The monoisotopic (exact) mass is 398 g/mol. The van der Waals surface area contributed by atoms with Crippen molar-refractivity contribution in [3.05, 3.63) is 0 Å². The Morgan fingerprint density at radius 3 is 0.929 bits per heavy atom. The van der Waals surface area contributed by atoms with Gasteiger partial charge in [-0.1, -0.05) is 142 Å². The van der Waals surface area contributed by atoms with Gasteiger partial charge in [0.05, 0.1) is 12.7 Å². The largest absolute Gasteiger partial charge is 0.394 e. The Bertz CT molecular complexity index is 278. The lowest BCUT2D eigenvalue weighted by Gasteiger charge is -2.06. The van der Waals surface area contributed by atoms with E-state index in [2.05, 4.69) is 13.8 Å². The Balaban J connectivity index is 3.01. The van der Waals surface area contributed by atoms with Gasteiger partial charge in [0.15, 0.2) is 0 Å². The minimum Gasteiger partial charge on any atom is -0.394 e. The molecule has 0 aliphatic heterocycles. The zero-order chi connectivity index (χ0) is 20.7. The molecule has 0 fully saturated rings. The Kier molecular flexibility index (Phi) is 23.1. The van der Waals surface area contributed by atoms with Crippen molar-refractivity contribution in [3.8, 4) is 0 Å². The maximum Gasteiger partial charge on any atom is 0.0770 e. The molecule has 28 heavy (non-hydrogen) atoms. The highest BCUT2D eigenvalue weighted by molar-refractivity contribution is 4.54. The summed E-state index contributed by atoms with van der Waals surface area (Å²) < 4.78 is 0. The van der Waals surface area contributed by atoms with Gasteiger partial charge in [-0.15, -0.1) is 0 Å². The van der Waals surface area contributed by atoms with Crippen LogP contribution in [0, 0.1) is 5.92 Å². The van der Waals surface area contributed by atoms with Gasteiger partial charge in [0.25, 0.3) is 0 Å². The van der Waals surface area contributed by atoms with E-state index in [4.69, 9.17) is 5.11 Å². The first-order chi connectivity index (χ1) is 13.7. The lowest BCUT2D eigenvalue weighted by atomic mass is 10.0. The van der Waals surface area contributed by atoms with E-state index in [9.17, 15) is 5.11 Å². The highest BCUT2D eigenvalue weighted by Gasteiger charge is 2.00. The highest BCUT2D eigenvalue weighted by Crippen LogP contribution is 2.15. The van der Waals surface area contributed by atoms with E-state index in [1.54, 1.807) is 0 Å². The molecule has 0 spiro atoms. The van der Waals surface area contributed by atoms with Gasteiger partial charge in [0.1, 0.15) is 0 Å². The molecule has 2 heteroatoms. The molecule has 2 N–H and O–H groups in total. The summed E-state index contributed by atoms with van der Waals surface area (Å²) in [6.45, 7) is 4.58. The lowest BCUT2D eigenvalue weighted by molar-refractivity contribution is 0.0860. The Labute approximate surface area is 177 Å². The van der Waals surface area contributed by atoms with Gasteiger partial charge >= 0.3 is 0 Å². The van der Waals surface area contributed by atoms with Crippen molar-refractivity contribution in [2.75, 3.05) is 6.61 Å². The molecular formula is C26H54O2. The second-order valence-electron chi connectivity index (χ2n) is 9.53. The fraction of sp³-hybridized carbons (Fsp3) is 1.00. The highest BCUT2D eigenvalue weighted by atomic mass is 16.3. The van der Waals surface area contributed by atoms with Gasteiger partial charge in [-0.05, 0) is 12.3 Å². The quantitative estimate of drug-likeness (QED) is 0.170. The fourth-order valence-corrected chi connectivity index (χ4v) is 4.03. The van der Waals surface area contributed by atoms with Gasteiger partial charge in [-0.3, -0.25) is 0 Å². The lowest BCUT2D eigenvalue weighted by Crippen LogP contribution is -2.10. The SMILES string of the molecule is CC(C)CCCCCCCCCCCCCCCCCCCCC[C@H](O)CO. The van der Waals surface area contributed by atoms with Crippen molar-refractivity contribution in [3.63, 3.8) is 0 Å². The fourth-order valence-electron chi connectivity index (χ4n) is 4.03. The molecule has 0 aromatic heterocycles. The third-order valence-corrected chi connectivity index (χ3v) is 6.03. The maximum atomic E-state index is 9.27. The molecule has 0 unspecified atom stereocenters. The van der Waals surface area contributed by atoms with Crippen molar-refractivity contribution in [1.29, 1.82) is 0 Å². The molecule has 0 aromatic rings. The van der Waals surface area contributed by atoms with Gasteiger partial charge in [0.2, 0.25) is 0 Å². The summed E-state index contributed by atoms with van der Waals surface area (Å²) in [6, 6.07) is 0. The smallest absolute Gasteiger partial charge is 0.0770 e. The number of rotatable bonds is 23. The van der Waals surface area contributed by atoms with Crippen LogP contribution in [0.4, 0.5) is 0 Å². The molecule has 0 saturated heterocycles. The van der Waals surface area contributed by atoms with Gasteiger partial charge in [-0.25, -0.2) is 0 Å². The van der Waals surface area contributed by atoms with Gasteiger partial charge in [-0.2, -0.15) is 0 Å². The molecule has 0 heterocycles. The molecule has 0 bridgehead atoms. The minimum atomic E-state index is -0.496. The summed E-state index contributed by atoms with van der Waals surface area (Å²) in [7, 11) is 0. The predicted octanol–water partition coefficient (Wildman–Crippen LogP) is 8.19. The minimum absolute atomic E-state index is 0.0846. The molecule has 1 atom stereocenters. The van der Waals surface area contributed by atoms with Gasteiger partial charge < -0.3 is 10.2 Å². The second kappa shape index (κ2) is 23.2. The molecule has 170 valence electrons. The van der Waals surface area contributed by atoms with E-state index < -0.39 is 6.10 Å². The Hall–Kier alpha value is -0.0800. The zero-order valence-corrected chi connectivity index (χ0v) is 19.6. The van der Waals surface area contributed by atoms with Crippen molar-refractivity contribution < 1.29 is 10.2 Å². The number of aliphatic hydroxyl groups excluding tert-OH is 2. The molecule has 0 aliphatic carbocycles. The standard InChI is InChI=1S/C26H54O2/c1-25(2)22-20-18-16-14-12-10-8-6-4-3-5-7-9-11-13-15-17-19-21-23-26(28)24-27/h25-28H,3-24H2,1-2H3/t26-/m0/s1. The molecule has 0 radical (unpaired) electrons. The van der Waals surface area contributed by atoms with E-state index in [1.165, 1.54) is 122 Å². The molecule has 0 aromatic carbocycles. The number of hydrogen-bond donors (Lipinski definition) is 2. The first-order valence-electron chi connectivity index (χ1n) is 13.0. The first kappa shape index (κ1) is 27.9. The van der Waals surface area contributed by atoms with Crippen LogP contribution in [0.2, 0.25) is 0 Å². The van der Waals surface area contributed by atoms with Crippen molar-refractivity contribution in [2.24, 2.45) is 5.92 Å². The normalized spacial score (nSPS) is 12.8. The molecule has 0 saturated carbocycles. The van der Waals surface area contributed by atoms with Crippen molar-refractivity contribution >= 4 is 0 Å². The number of hydrogen-bond acceptors (Lipinski definition) is 2. The molecular weight excluding hydrogens is 344 g/mol. The van der Waals surface area contributed by atoms with E-state index >= 15 is 0 Å². The summed E-state index contributed by atoms with van der Waals surface area (Å²) in [6.07, 6.45) is 28.2. The van der Waals surface area contributed by atoms with Crippen LogP contribution >= 0.6 is 0 Å². The Morgan fingerprint density at radius 1 is 0.429 bits per heavy atom. The summed E-state index contributed by atoms with van der Waals surface area (Å²) >= 11 is 0. The van der Waals surface area contributed by atoms with E-state index in [0.717, 1.165) is 18.8 Å². The van der Waals surface area contributed by atoms with Crippen LogP contribution in [-0.4, -0.2) is 22.9 Å². The van der Waals surface area contributed by atoms with Crippen LogP contribution < -0.4 is 0 Å². The van der Waals surface area contributed by atoms with E-state index in [1.807, 2.05) is 0 Å². The van der Waals surface area contributed by atoms with E-state index in [0.29, 0.717) is 0 Å².